The number of hydrogen-bond acceptors (Lipinski definition) is 5. The minimum absolute atomic E-state index is 0.160. The van der Waals surface area contributed by atoms with E-state index in [0.29, 0.717) is 13.0 Å². The van der Waals surface area contributed by atoms with Gasteiger partial charge in [-0.25, -0.2) is 8.42 Å². The monoisotopic (exact) mass is 383 g/mol. The molecule has 0 fully saturated rings. The third-order valence-electron chi connectivity index (χ3n) is 4.19. The van der Waals surface area contributed by atoms with Gasteiger partial charge in [0.1, 0.15) is 0 Å². The van der Waals surface area contributed by atoms with E-state index in [2.05, 4.69) is 45.7 Å². The average molecular weight is 384 g/mol. The molecule has 1 aliphatic rings. The predicted octanol–water partition coefficient (Wildman–Crippen LogP) is 3.88. The zero-order chi connectivity index (χ0) is 20.4. The number of hydrogen-bond donors (Lipinski definition) is 1. The first-order valence-corrected chi connectivity index (χ1v) is 10.9. The Morgan fingerprint density at radius 1 is 1.15 bits per heavy atom. The van der Waals surface area contributed by atoms with Crippen molar-refractivity contribution in [2.45, 2.75) is 53.4 Å². The fourth-order valence-electron chi connectivity index (χ4n) is 2.78. The molecule has 1 heterocycles. The summed E-state index contributed by atoms with van der Waals surface area (Å²) in [5.74, 6) is -0.334. The zero-order valence-corrected chi connectivity index (χ0v) is 17.9. The maximum Gasteiger partial charge on any atom is 0.0946 e. The van der Waals surface area contributed by atoms with Crippen molar-refractivity contribution < 1.29 is 13.0 Å². The van der Waals surface area contributed by atoms with Gasteiger partial charge in [-0.1, -0.05) is 66.3 Å². The number of rotatable bonds is 6. The van der Waals surface area contributed by atoms with Gasteiger partial charge in [0.25, 0.3) is 0 Å². The minimum atomic E-state index is -4.15. The van der Waals surface area contributed by atoms with Gasteiger partial charge in [-0.2, -0.15) is 0 Å². The predicted molar refractivity (Wildman–Crippen MR) is 111 cm³/mol. The molecule has 2 rings (SSSR count). The fraction of sp³-hybridized carbons (Fsp3) is 0.600. The maximum absolute atomic E-state index is 10.7. The SMILES string of the molecule is C=C1N(CCCS(=O)(=O)[O-])c2ccccc2C1(C)C.CC.CCNCC. The Hall–Kier alpha value is -1.37. The second-order valence-electron chi connectivity index (χ2n) is 6.31. The first kappa shape index (κ1) is 24.6. The fourth-order valence-corrected chi connectivity index (χ4v) is 3.26. The summed E-state index contributed by atoms with van der Waals surface area (Å²) in [6.45, 7) is 19.2. The lowest BCUT2D eigenvalue weighted by Crippen LogP contribution is -2.27. The lowest BCUT2D eigenvalue weighted by atomic mass is 9.84. The Labute approximate surface area is 160 Å². The van der Waals surface area contributed by atoms with Crippen LogP contribution in [-0.4, -0.2) is 38.4 Å². The van der Waals surface area contributed by atoms with Gasteiger partial charge < -0.3 is 14.8 Å². The lowest BCUT2D eigenvalue weighted by molar-refractivity contribution is 0.461. The van der Waals surface area contributed by atoms with Crippen LogP contribution in [0, 0.1) is 0 Å². The van der Waals surface area contributed by atoms with Gasteiger partial charge >= 0.3 is 0 Å². The van der Waals surface area contributed by atoms with Crippen LogP contribution < -0.4 is 10.2 Å². The topological polar surface area (TPSA) is 72.5 Å². The van der Waals surface area contributed by atoms with Crippen molar-refractivity contribution in [1.82, 2.24) is 5.32 Å². The molecule has 0 saturated heterocycles. The Kier molecular flexibility index (Phi) is 10.8. The average Bonchev–Trinajstić information content (AvgIpc) is 2.78. The number of benzene rings is 1. The van der Waals surface area contributed by atoms with E-state index in [4.69, 9.17) is 0 Å². The molecule has 0 atom stereocenters. The van der Waals surface area contributed by atoms with E-state index in [0.717, 1.165) is 24.5 Å². The summed E-state index contributed by atoms with van der Waals surface area (Å²) in [5.41, 5.74) is 3.02. The molecule has 26 heavy (non-hydrogen) atoms. The number of para-hydroxylation sites is 1. The number of allylic oxidation sites excluding steroid dienone is 1. The summed E-state index contributed by atoms with van der Waals surface area (Å²) in [5, 5.41) is 3.11. The summed E-state index contributed by atoms with van der Waals surface area (Å²) >= 11 is 0. The molecule has 0 spiro atoms. The normalized spacial score (nSPS) is 14.7. The molecule has 1 N–H and O–H groups in total. The highest BCUT2D eigenvalue weighted by Crippen LogP contribution is 2.46. The van der Waals surface area contributed by atoms with Crippen LogP contribution in [-0.2, 0) is 15.5 Å². The van der Waals surface area contributed by atoms with Crippen molar-refractivity contribution in [1.29, 1.82) is 0 Å². The van der Waals surface area contributed by atoms with Gasteiger partial charge in [-0.15, -0.1) is 0 Å². The number of anilines is 1. The summed E-state index contributed by atoms with van der Waals surface area (Å²) in [4.78, 5) is 2.01. The van der Waals surface area contributed by atoms with Crippen LogP contribution in [0.2, 0.25) is 0 Å². The van der Waals surface area contributed by atoms with Crippen LogP contribution in [0.5, 0.6) is 0 Å². The quantitative estimate of drug-likeness (QED) is 0.755. The minimum Gasteiger partial charge on any atom is -0.748 e. The van der Waals surface area contributed by atoms with Crippen molar-refractivity contribution in [2.24, 2.45) is 0 Å². The molecule has 0 aromatic heterocycles. The second-order valence-corrected chi connectivity index (χ2v) is 7.84. The van der Waals surface area contributed by atoms with E-state index >= 15 is 0 Å². The van der Waals surface area contributed by atoms with Gasteiger partial charge in [0.15, 0.2) is 0 Å². The van der Waals surface area contributed by atoms with Crippen molar-refractivity contribution >= 4 is 15.8 Å². The largest absolute Gasteiger partial charge is 0.748 e. The first-order chi connectivity index (χ1) is 12.1. The van der Waals surface area contributed by atoms with Crippen LogP contribution in [0.25, 0.3) is 0 Å². The summed E-state index contributed by atoms with van der Waals surface area (Å²) < 4.78 is 32.0. The van der Waals surface area contributed by atoms with Crippen molar-refractivity contribution in [3.05, 3.63) is 42.1 Å². The van der Waals surface area contributed by atoms with Crippen molar-refractivity contribution in [3.8, 4) is 0 Å². The molecule has 1 aromatic carbocycles. The molecule has 0 saturated carbocycles. The van der Waals surface area contributed by atoms with Crippen molar-refractivity contribution in [3.63, 3.8) is 0 Å². The Balaban J connectivity index is 0.000000772. The van der Waals surface area contributed by atoms with Gasteiger partial charge in [-0.3, -0.25) is 0 Å². The van der Waals surface area contributed by atoms with Gasteiger partial charge in [-0.05, 0) is 31.1 Å². The second kappa shape index (κ2) is 11.4. The first-order valence-electron chi connectivity index (χ1n) is 9.35. The highest BCUT2D eigenvalue weighted by molar-refractivity contribution is 7.85. The van der Waals surface area contributed by atoms with E-state index in [-0.39, 0.29) is 11.2 Å². The molecule has 0 unspecified atom stereocenters. The zero-order valence-electron chi connectivity index (χ0n) is 17.1. The molecule has 0 bridgehead atoms. The molecule has 0 aliphatic carbocycles. The van der Waals surface area contributed by atoms with E-state index in [1.54, 1.807) is 0 Å². The molecule has 1 aromatic rings. The van der Waals surface area contributed by atoms with Gasteiger partial charge in [0.05, 0.1) is 10.1 Å². The highest BCUT2D eigenvalue weighted by Gasteiger charge is 2.38. The number of nitrogens with zero attached hydrogens (tertiary/aromatic N) is 1. The van der Waals surface area contributed by atoms with Crippen LogP contribution >= 0.6 is 0 Å². The van der Waals surface area contributed by atoms with Crippen LogP contribution in [0.3, 0.4) is 0 Å². The van der Waals surface area contributed by atoms with Crippen LogP contribution in [0.4, 0.5) is 5.69 Å². The van der Waals surface area contributed by atoms with E-state index in [9.17, 15) is 13.0 Å². The molecule has 1 aliphatic heterocycles. The van der Waals surface area contributed by atoms with Crippen LogP contribution in [0.1, 0.15) is 53.5 Å². The van der Waals surface area contributed by atoms with Gasteiger partial charge in [0, 0.05) is 29.1 Å². The van der Waals surface area contributed by atoms with Crippen LogP contribution in [0.15, 0.2) is 36.5 Å². The molecular weight excluding hydrogens is 348 g/mol. The number of fused-ring (bicyclic) bond motifs is 1. The molecule has 6 heteroatoms. The molecule has 150 valence electrons. The third-order valence-corrected chi connectivity index (χ3v) is 4.98. The van der Waals surface area contributed by atoms with Gasteiger partial charge in [0.2, 0.25) is 0 Å². The molecular formula is C20H35N2O3S-. The molecule has 0 amide bonds. The summed E-state index contributed by atoms with van der Waals surface area (Å²) in [6, 6.07) is 8.00. The van der Waals surface area contributed by atoms with E-state index in [1.165, 1.54) is 5.56 Å². The molecule has 5 nitrogen and oxygen atoms in total. The van der Waals surface area contributed by atoms with E-state index in [1.807, 2.05) is 36.9 Å². The number of nitrogens with one attached hydrogen (secondary N) is 1. The molecule has 0 radical (unpaired) electrons. The van der Waals surface area contributed by atoms with E-state index < -0.39 is 10.1 Å². The summed E-state index contributed by atoms with van der Waals surface area (Å²) in [7, 11) is -4.15. The maximum atomic E-state index is 10.7. The Morgan fingerprint density at radius 3 is 2.15 bits per heavy atom. The standard InChI is InChI=1S/C14H19NO3S.C4H11N.C2H6/c1-11-14(2,3)12-7-4-5-8-13(12)15(11)9-6-10-19(16,17)18;1-3-5-4-2;1-2/h4-5,7-8H,1,6,9-10H2,2-3H3,(H,16,17,18);5H,3-4H2,1-2H3;1-2H3/p-1. The Morgan fingerprint density at radius 2 is 1.69 bits per heavy atom. The highest BCUT2D eigenvalue weighted by atomic mass is 32.2. The third kappa shape index (κ3) is 7.09. The Bertz CT molecular complexity index is 653. The van der Waals surface area contributed by atoms with Crippen molar-refractivity contribution in [2.75, 3.05) is 30.3 Å². The summed E-state index contributed by atoms with van der Waals surface area (Å²) in [6.07, 6.45) is 0.315. The lowest BCUT2D eigenvalue weighted by Gasteiger charge is -2.26. The smallest absolute Gasteiger partial charge is 0.0946 e.